The van der Waals surface area contributed by atoms with Crippen molar-refractivity contribution in [2.45, 2.75) is 32.6 Å². The number of carbonyl (C=O) groups is 1. The molecule has 0 aliphatic carbocycles. The van der Waals surface area contributed by atoms with E-state index in [0.29, 0.717) is 23.4 Å². The highest BCUT2D eigenvalue weighted by Gasteiger charge is 2.20. The molecule has 162 valence electrons. The lowest BCUT2D eigenvalue weighted by molar-refractivity contribution is -0.385. The largest absolute Gasteiger partial charge is 0.342 e. The molecule has 0 spiro atoms. The average molecular weight is 424 g/mol. The Hall–Kier alpha value is -3.55. The van der Waals surface area contributed by atoms with E-state index >= 15 is 0 Å². The predicted molar refractivity (Wildman–Crippen MR) is 116 cm³/mol. The van der Waals surface area contributed by atoms with Crippen LogP contribution in [0.2, 0.25) is 0 Å². The van der Waals surface area contributed by atoms with Gasteiger partial charge in [0.15, 0.2) is 0 Å². The van der Waals surface area contributed by atoms with Crippen molar-refractivity contribution in [1.29, 1.82) is 0 Å². The molecule has 8 heteroatoms. The number of rotatable bonds is 9. The normalized spacial score (nSPS) is 10.8. The molecule has 7 nitrogen and oxygen atoms in total. The molecule has 0 saturated heterocycles. The van der Waals surface area contributed by atoms with Crippen molar-refractivity contribution in [1.82, 2.24) is 15.1 Å². The van der Waals surface area contributed by atoms with Crippen molar-refractivity contribution in [2.75, 3.05) is 13.6 Å². The third-order valence-corrected chi connectivity index (χ3v) is 5.27. The van der Waals surface area contributed by atoms with Gasteiger partial charge in [-0.1, -0.05) is 24.6 Å². The van der Waals surface area contributed by atoms with Crippen molar-refractivity contribution in [3.8, 4) is 11.3 Å². The van der Waals surface area contributed by atoms with Crippen molar-refractivity contribution in [3.05, 3.63) is 81.3 Å². The number of nitro groups is 1. The lowest BCUT2D eigenvalue weighted by Gasteiger charge is -2.18. The Balaban J connectivity index is 1.46. The molecule has 2 aromatic carbocycles. The first-order chi connectivity index (χ1) is 14.9. The molecule has 0 unspecified atom stereocenters. The number of carbonyl (C=O) groups excluding carboxylic acids is 1. The number of benzene rings is 2. The van der Waals surface area contributed by atoms with E-state index in [1.54, 1.807) is 31.0 Å². The average Bonchev–Trinajstić information content (AvgIpc) is 3.22. The summed E-state index contributed by atoms with van der Waals surface area (Å²) in [6.45, 7) is 2.17. The molecule has 0 aliphatic heterocycles. The number of hydrogen-bond acceptors (Lipinski definition) is 4. The summed E-state index contributed by atoms with van der Waals surface area (Å²) in [5, 5.41) is 18.3. The summed E-state index contributed by atoms with van der Waals surface area (Å²) in [7, 11) is 1.71. The molecule has 1 aromatic heterocycles. The molecule has 0 atom stereocenters. The number of aromatic nitrogens is 2. The maximum Gasteiger partial charge on any atom is 0.273 e. The summed E-state index contributed by atoms with van der Waals surface area (Å²) in [5.41, 5.74) is 3.13. The number of nitrogens with zero attached hydrogens (tertiary/aromatic N) is 3. The van der Waals surface area contributed by atoms with Crippen LogP contribution in [0.1, 0.15) is 40.9 Å². The van der Waals surface area contributed by atoms with Gasteiger partial charge >= 0.3 is 0 Å². The fourth-order valence-corrected chi connectivity index (χ4v) is 3.49. The molecule has 31 heavy (non-hydrogen) atoms. The van der Waals surface area contributed by atoms with Gasteiger partial charge in [-0.3, -0.25) is 20.0 Å². The van der Waals surface area contributed by atoms with Crippen LogP contribution < -0.4 is 0 Å². The molecule has 3 rings (SSSR count). The van der Waals surface area contributed by atoms with Gasteiger partial charge in [-0.05, 0) is 50.5 Å². The minimum absolute atomic E-state index is 0.0450. The van der Waals surface area contributed by atoms with Crippen LogP contribution in [-0.4, -0.2) is 39.5 Å². The molecule has 3 aromatic rings. The summed E-state index contributed by atoms with van der Waals surface area (Å²) in [6, 6.07) is 12.8. The second kappa shape index (κ2) is 9.97. The van der Waals surface area contributed by atoms with Crippen LogP contribution in [0.5, 0.6) is 0 Å². The molecule has 1 amide bonds. The van der Waals surface area contributed by atoms with Crippen molar-refractivity contribution in [3.63, 3.8) is 0 Å². The lowest BCUT2D eigenvalue weighted by Crippen LogP contribution is -2.28. The molecule has 0 radical (unpaired) electrons. The van der Waals surface area contributed by atoms with Crippen molar-refractivity contribution < 1.29 is 14.1 Å². The fraction of sp³-hybridized carbons (Fsp3) is 0.304. The number of amides is 1. The minimum atomic E-state index is -0.471. The highest BCUT2D eigenvalue weighted by Crippen LogP contribution is 2.22. The topological polar surface area (TPSA) is 92.1 Å². The molecular formula is C23H25FN4O3. The van der Waals surface area contributed by atoms with Gasteiger partial charge in [0.25, 0.3) is 11.6 Å². The number of H-pyrrole nitrogens is 1. The number of unbranched alkanes of at least 4 members (excludes halogenated alkanes) is 2. The van der Waals surface area contributed by atoms with E-state index in [-0.39, 0.29) is 17.4 Å². The van der Waals surface area contributed by atoms with Gasteiger partial charge in [-0.15, -0.1) is 0 Å². The van der Waals surface area contributed by atoms with Gasteiger partial charge in [-0.25, -0.2) is 4.39 Å². The number of aryl methyl sites for hydroxylation is 1. The van der Waals surface area contributed by atoms with Gasteiger partial charge < -0.3 is 4.90 Å². The third kappa shape index (κ3) is 5.53. The zero-order valence-corrected chi connectivity index (χ0v) is 17.6. The molecule has 1 N–H and O–H groups in total. The third-order valence-electron chi connectivity index (χ3n) is 5.27. The van der Waals surface area contributed by atoms with E-state index < -0.39 is 4.92 Å². The van der Waals surface area contributed by atoms with E-state index in [4.69, 9.17) is 0 Å². The van der Waals surface area contributed by atoms with Crippen LogP contribution in [0, 0.1) is 22.9 Å². The van der Waals surface area contributed by atoms with Crippen molar-refractivity contribution in [2.24, 2.45) is 0 Å². The first-order valence-corrected chi connectivity index (χ1v) is 10.2. The van der Waals surface area contributed by atoms with Crippen LogP contribution >= 0.6 is 0 Å². The SMILES string of the molecule is Cc1c(C(=O)N(C)CCCCCc2cc(-c3cccc(F)c3)n[nH]2)cccc1[N+](=O)[O-]. The van der Waals surface area contributed by atoms with Crippen molar-refractivity contribution >= 4 is 11.6 Å². The van der Waals surface area contributed by atoms with Crippen LogP contribution in [0.4, 0.5) is 10.1 Å². The predicted octanol–water partition coefficient (Wildman–Crippen LogP) is 4.92. The van der Waals surface area contributed by atoms with E-state index in [2.05, 4.69) is 10.2 Å². The number of aromatic amines is 1. The second-order valence-electron chi connectivity index (χ2n) is 7.53. The van der Waals surface area contributed by atoms with E-state index in [0.717, 1.165) is 36.9 Å². The first-order valence-electron chi connectivity index (χ1n) is 10.2. The summed E-state index contributed by atoms with van der Waals surface area (Å²) in [6.07, 6.45) is 3.47. The summed E-state index contributed by atoms with van der Waals surface area (Å²) >= 11 is 0. The van der Waals surface area contributed by atoms with Crippen LogP contribution in [0.15, 0.2) is 48.5 Å². The molecule has 0 bridgehead atoms. The van der Waals surface area contributed by atoms with Gasteiger partial charge in [0.1, 0.15) is 5.82 Å². The van der Waals surface area contributed by atoms with Gasteiger partial charge in [0.2, 0.25) is 0 Å². The zero-order chi connectivity index (χ0) is 22.4. The lowest BCUT2D eigenvalue weighted by atomic mass is 10.1. The molecular weight excluding hydrogens is 399 g/mol. The van der Waals surface area contributed by atoms with Crippen LogP contribution in [0.25, 0.3) is 11.3 Å². The Morgan fingerprint density at radius 2 is 1.94 bits per heavy atom. The number of halogens is 1. The summed E-state index contributed by atoms with van der Waals surface area (Å²) in [4.78, 5) is 24.9. The smallest absolute Gasteiger partial charge is 0.273 e. The number of hydrogen-bond donors (Lipinski definition) is 1. The van der Waals surface area contributed by atoms with Crippen LogP contribution in [-0.2, 0) is 6.42 Å². The highest BCUT2D eigenvalue weighted by molar-refractivity contribution is 5.96. The van der Waals surface area contributed by atoms with E-state index in [9.17, 15) is 19.3 Å². The van der Waals surface area contributed by atoms with Gasteiger partial charge in [-0.2, -0.15) is 5.10 Å². The Bertz CT molecular complexity index is 1080. The van der Waals surface area contributed by atoms with E-state index in [1.807, 2.05) is 12.1 Å². The summed E-state index contributed by atoms with van der Waals surface area (Å²) in [5.74, 6) is -0.504. The Kier molecular flexibility index (Phi) is 7.12. The Labute approximate surface area is 180 Å². The minimum Gasteiger partial charge on any atom is -0.342 e. The van der Waals surface area contributed by atoms with Gasteiger partial charge in [0, 0.05) is 42.0 Å². The molecule has 0 fully saturated rings. The van der Waals surface area contributed by atoms with E-state index in [1.165, 1.54) is 24.3 Å². The second-order valence-corrected chi connectivity index (χ2v) is 7.53. The number of nitro benzene ring substituents is 1. The van der Waals surface area contributed by atoms with Gasteiger partial charge in [0.05, 0.1) is 10.6 Å². The number of nitrogens with one attached hydrogen (secondary N) is 1. The Morgan fingerprint density at radius 3 is 2.68 bits per heavy atom. The maximum atomic E-state index is 13.4. The summed E-state index contributed by atoms with van der Waals surface area (Å²) < 4.78 is 13.4. The molecule has 0 saturated carbocycles. The zero-order valence-electron chi connectivity index (χ0n) is 17.6. The molecule has 1 heterocycles. The standard InChI is InChI=1S/C23H25FN4O3/c1-16-20(11-7-12-22(16)28(30)31)23(29)27(2)13-5-3-4-10-19-15-21(26-25-19)17-8-6-9-18(24)14-17/h6-9,11-12,14-15H,3-5,10,13H2,1-2H3,(H,25,26). The Morgan fingerprint density at radius 1 is 1.16 bits per heavy atom. The first kappa shape index (κ1) is 22.1. The highest BCUT2D eigenvalue weighted by atomic mass is 19.1. The monoisotopic (exact) mass is 424 g/mol. The fourth-order valence-electron chi connectivity index (χ4n) is 3.49. The maximum absolute atomic E-state index is 13.4. The quantitative estimate of drug-likeness (QED) is 0.300. The molecule has 0 aliphatic rings. The van der Waals surface area contributed by atoms with Crippen LogP contribution in [0.3, 0.4) is 0 Å².